The van der Waals surface area contributed by atoms with Crippen LogP contribution in [0.1, 0.15) is 8.42 Å². The van der Waals surface area contributed by atoms with Crippen molar-refractivity contribution in [3.05, 3.63) is 29.8 Å². The molecule has 16 heavy (non-hydrogen) atoms. The molecule has 0 saturated carbocycles. The van der Waals surface area contributed by atoms with Gasteiger partial charge in [-0.3, -0.25) is 0 Å². The Hall–Kier alpha value is 0.680. The molecular weight excluding hydrogens is 253 g/mol. The third-order valence-electron chi connectivity index (χ3n) is 1.49. The third-order valence-corrected chi connectivity index (χ3v) is 2.43. The summed E-state index contributed by atoms with van der Waals surface area (Å²) in [4.78, 5) is 19.1. The Morgan fingerprint density at radius 3 is 2.12 bits per heavy atom. The first-order valence-electron chi connectivity index (χ1n) is 3.74. The first kappa shape index (κ1) is 19.0. The first-order valence-corrected chi connectivity index (χ1v) is 5.32. The second-order valence-electron chi connectivity index (χ2n) is 2.71. The minimum atomic E-state index is -4.58. The molecule has 0 radical (unpaired) electrons. The van der Waals surface area contributed by atoms with Crippen molar-refractivity contribution in [2.45, 2.75) is 6.92 Å². The van der Waals surface area contributed by atoms with Crippen molar-refractivity contribution in [3.8, 4) is 5.75 Å². The van der Waals surface area contributed by atoms with Crippen molar-refractivity contribution in [1.29, 1.82) is 0 Å². The zero-order valence-electron chi connectivity index (χ0n) is 11.4. The summed E-state index contributed by atoms with van der Waals surface area (Å²) in [6.45, 7) is 1.83. The van der Waals surface area contributed by atoms with E-state index in [9.17, 15) is 9.36 Å². The molecule has 0 aliphatic rings. The average molecular weight is 264 g/mol. The molecule has 0 aliphatic carbocycles. The van der Waals surface area contributed by atoms with Gasteiger partial charge in [0.2, 0.25) is 0 Å². The Morgan fingerprint density at radius 2 is 1.75 bits per heavy atom. The van der Waals surface area contributed by atoms with Gasteiger partial charge in [-0.2, -0.15) is 0 Å². The molecule has 80 valence electrons. The maximum Gasteiger partial charge on any atom is 1.00 e. The van der Waals surface area contributed by atoms with Crippen LogP contribution in [0.15, 0.2) is 24.3 Å². The van der Waals surface area contributed by atoms with Crippen LogP contribution in [-0.4, -0.2) is 15.7 Å². The molecule has 0 aromatic heterocycles. The molecule has 0 amide bonds. The largest absolute Gasteiger partial charge is 1.00 e. The monoisotopic (exact) mass is 264 g/mol. The van der Waals surface area contributed by atoms with E-state index in [0.29, 0.717) is 0 Å². The van der Waals surface area contributed by atoms with E-state index in [1.807, 2.05) is 6.92 Å². The average Bonchev–Trinajstić information content (AvgIpc) is 2.08. The Bertz CT molecular complexity index is 401. The van der Waals surface area contributed by atoms with Gasteiger partial charge in [-0.25, -0.2) is 9.36 Å². The molecule has 0 aliphatic heterocycles. The van der Waals surface area contributed by atoms with Gasteiger partial charge in [-0.05, 0) is 19.1 Å². The molecule has 2 N–H and O–H groups in total. The van der Waals surface area contributed by atoms with Crippen LogP contribution in [0.25, 0.3) is 0 Å². The Labute approximate surface area is 140 Å². The number of carbonyl (C=O) groups is 1. The van der Waals surface area contributed by atoms with E-state index in [0.717, 1.165) is 5.56 Å². The Morgan fingerprint density at radius 1 is 1.31 bits per heavy atom. The van der Waals surface area contributed by atoms with Crippen molar-refractivity contribution < 1.29 is 85.9 Å². The van der Waals surface area contributed by atoms with Crippen LogP contribution < -0.4 is 63.6 Å². The van der Waals surface area contributed by atoms with Gasteiger partial charge in [0.05, 0.1) is 0 Å². The standard InChI is InChI=1S/C8H9O5P.2Na.2H/c1-6-2-4-7(5-3-6)13-14(11,12)8(9)10;;;;/h2-5H,1H3,(H,9,10)(H,11,12);;;;/q;2*+1;2*-1. The summed E-state index contributed by atoms with van der Waals surface area (Å²) in [6, 6.07) is 6.16. The van der Waals surface area contributed by atoms with E-state index in [4.69, 9.17) is 10.00 Å². The Kier molecular flexibility index (Phi) is 9.40. The fraction of sp³-hybridized carbons (Fsp3) is 0.125. The van der Waals surface area contributed by atoms with Gasteiger partial charge in [0.1, 0.15) is 5.75 Å². The zero-order valence-corrected chi connectivity index (χ0v) is 14.3. The molecule has 0 spiro atoms. The fourth-order valence-corrected chi connectivity index (χ4v) is 1.27. The molecule has 0 saturated heterocycles. The molecule has 1 unspecified atom stereocenters. The van der Waals surface area contributed by atoms with Crippen LogP contribution in [0, 0.1) is 6.92 Å². The predicted molar refractivity (Wildman–Crippen MR) is 51.9 cm³/mol. The molecule has 0 bridgehead atoms. The van der Waals surface area contributed by atoms with E-state index in [-0.39, 0.29) is 67.7 Å². The van der Waals surface area contributed by atoms with Crippen molar-refractivity contribution in [2.75, 3.05) is 0 Å². The van der Waals surface area contributed by atoms with Crippen LogP contribution >= 0.6 is 7.60 Å². The fourth-order valence-electron chi connectivity index (χ4n) is 0.781. The van der Waals surface area contributed by atoms with Crippen LogP contribution in [0.5, 0.6) is 5.75 Å². The summed E-state index contributed by atoms with van der Waals surface area (Å²) in [5, 5.41) is 8.32. The first-order chi connectivity index (χ1) is 6.42. The van der Waals surface area contributed by atoms with E-state index in [1.54, 1.807) is 12.1 Å². The van der Waals surface area contributed by atoms with Gasteiger partial charge < -0.3 is 17.4 Å². The van der Waals surface area contributed by atoms with Gasteiger partial charge >= 0.3 is 72.4 Å². The minimum Gasteiger partial charge on any atom is -1.00 e. The minimum absolute atomic E-state index is 0. The van der Waals surface area contributed by atoms with Gasteiger partial charge in [0.15, 0.2) is 0 Å². The summed E-state index contributed by atoms with van der Waals surface area (Å²) in [5.41, 5.74) is -0.918. The van der Waals surface area contributed by atoms with E-state index in [1.165, 1.54) is 12.1 Å². The molecule has 0 fully saturated rings. The van der Waals surface area contributed by atoms with Gasteiger partial charge in [-0.15, -0.1) is 0 Å². The number of aryl methyl sites for hydroxylation is 1. The molecule has 1 aromatic rings. The van der Waals surface area contributed by atoms with E-state index < -0.39 is 13.3 Å². The summed E-state index contributed by atoms with van der Waals surface area (Å²) in [5.74, 6) is 0.0591. The van der Waals surface area contributed by atoms with Crippen molar-refractivity contribution >= 4 is 13.3 Å². The summed E-state index contributed by atoms with van der Waals surface area (Å²) >= 11 is 0. The van der Waals surface area contributed by atoms with Crippen molar-refractivity contribution in [3.63, 3.8) is 0 Å². The second-order valence-corrected chi connectivity index (χ2v) is 4.31. The second kappa shape index (κ2) is 7.90. The number of carboxylic acid groups (broad SMARTS) is 1. The van der Waals surface area contributed by atoms with Crippen molar-refractivity contribution in [2.24, 2.45) is 0 Å². The van der Waals surface area contributed by atoms with Crippen LogP contribution in [0.2, 0.25) is 0 Å². The van der Waals surface area contributed by atoms with Crippen LogP contribution in [-0.2, 0) is 4.57 Å². The summed E-state index contributed by atoms with van der Waals surface area (Å²) < 4.78 is 15.3. The summed E-state index contributed by atoms with van der Waals surface area (Å²) in [6.07, 6.45) is 0. The maximum absolute atomic E-state index is 10.9. The van der Waals surface area contributed by atoms with Gasteiger partial charge in [0.25, 0.3) is 0 Å². The molecule has 0 heterocycles. The normalized spacial score (nSPS) is 12.6. The number of rotatable bonds is 3. The van der Waals surface area contributed by atoms with Gasteiger partial charge in [0, 0.05) is 0 Å². The summed E-state index contributed by atoms with van der Waals surface area (Å²) in [7, 11) is -4.58. The molecule has 1 atom stereocenters. The smallest absolute Gasteiger partial charge is 1.00 e. The molecule has 1 rings (SSSR count). The van der Waals surface area contributed by atoms with E-state index >= 15 is 0 Å². The van der Waals surface area contributed by atoms with Crippen molar-refractivity contribution in [1.82, 2.24) is 0 Å². The zero-order chi connectivity index (χ0) is 10.8. The topological polar surface area (TPSA) is 83.8 Å². The van der Waals surface area contributed by atoms with E-state index in [2.05, 4.69) is 4.52 Å². The Balaban J connectivity index is -0.000000245. The molecular formula is C8H11Na2O5P. The molecule has 5 nitrogen and oxygen atoms in total. The molecule has 1 aromatic carbocycles. The number of hydrogen-bond donors (Lipinski definition) is 2. The SMILES string of the molecule is Cc1ccc(OP(=O)(O)C(=O)O)cc1.[H-].[H-].[Na+].[Na+]. The number of hydrogen-bond acceptors (Lipinski definition) is 3. The third kappa shape index (κ3) is 5.84. The van der Waals surface area contributed by atoms with Gasteiger partial charge in [-0.1, -0.05) is 17.7 Å². The molecule has 8 heteroatoms. The maximum atomic E-state index is 10.9. The van der Waals surface area contributed by atoms with Crippen LogP contribution in [0.4, 0.5) is 4.79 Å². The van der Waals surface area contributed by atoms with Crippen LogP contribution in [0.3, 0.4) is 0 Å². The predicted octanol–water partition coefficient (Wildman–Crippen LogP) is -3.53. The quantitative estimate of drug-likeness (QED) is 0.436. The number of benzene rings is 1.